The molecule has 0 saturated carbocycles. The fraction of sp³-hybridized carbons (Fsp3) is 0.500. The van der Waals surface area contributed by atoms with Gasteiger partial charge in [0.15, 0.2) is 0 Å². The minimum Gasteiger partial charge on any atom is -0.462 e. The van der Waals surface area contributed by atoms with Crippen LogP contribution in [0.2, 0.25) is 0 Å². The normalized spacial score (nSPS) is 11.4. The van der Waals surface area contributed by atoms with Gasteiger partial charge in [0, 0.05) is 0 Å². The Morgan fingerprint density at radius 2 is 1.84 bits per heavy atom. The molecule has 0 unspecified atom stereocenters. The van der Waals surface area contributed by atoms with Crippen LogP contribution in [0.5, 0.6) is 0 Å². The molecule has 0 N–H and O–H groups in total. The van der Waals surface area contributed by atoms with E-state index in [0.29, 0.717) is 6.42 Å². The molecule has 0 atom stereocenters. The van der Waals surface area contributed by atoms with E-state index in [1.807, 2.05) is 6.92 Å². The summed E-state index contributed by atoms with van der Waals surface area (Å²) in [6, 6.07) is 4.66. The van der Waals surface area contributed by atoms with Crippen molar-refractivity contribution >= 4 is 5.97 Å². The summed E-state index contributed by atoms with van der Waals surface area (Å²) in [5, 5.41) is 0. The fourth-order valence-corrected chi connectivity index (χ4v) is 1.68. The van der Waals surface area contributed by atoms with Crippen molar-refractivity contribution in [2.24, 2.45) is 0 Å². The second kappa shape index (κ2) is 7.16. The van der Waals surface area contributed by atoms with Crippen molar-refractivity contribution < 1.29 is 22.7 Å². The van der Waals surface area contributed by atoms with E-state index in [0.717, 1.165) is 31.4 Å². The number of unbranched alkanes of at least 4 members (excludes halogenated alkanes) is 3. The number of carbonyl (C=O) groups excluding carboxylic acids is 1. The van der Waals surface area contributed by atoms with Gasteiger partial charge in [-0.1, -0.05) is 38.3 Å². The Balaban J connectivity index is 2.62. The lowest BCUT2D eigenvalue weighted by molar-refractivity contribution is -0.138. The average Bonchev–Trinajstić information content (AvgIpc) is 2.37. The molecule has 5 heteroatoms. The van der Waals surface area contributed by atoms with Crippen molar-refractivity contribution in [3.63, 3.8) is 0 Å². The molecule has 106 valence electrons. The van der Waals surface area contributed by atoms with E-state index in [2.05, 4.69) is 0 Å². The van der Waals surface area contributed by atoms with E-state index in [4.69, 9.17) is 4.74 Å². The molecule has 0 spiro atoms. The van der Waals surface area contributed by atoms with E-state index < -0.39 is 23.3 Å². The van der Waals surface area contributed by atoms with Gasteiger partial charge in [0.2, 0.25) is 0 Å². The summed E-state index contributed by atoms with van der Waals surface area (Å²) in [6.07, 6.45) is -0.891. The molecule has 0 aliphatic heterocycles. The predicted octanol–water partition coefficient (Wildman–Crippen LogP) is 4.44. The number of benzene rings is 1. The highest BCUT2D eigenvalue weighted by Crippen LogP contribution is 2.32. The van der Waals surface area contributed by atoms with Gasteiger partial charge in [-0.3, -0.25) is 0 Å². The quantitative estimate of drug-likeness (QED) is 0.566. The van der Waals surface area contributed by atoms with E-state index >= 15 is 0 Å². The fourth-order valence-electron chi connectivity index (χ4n) is 1.68. The molecule has 19 heavy (non-hydrogen) atoms. The Labute approximate surface area is 110 Å². The van der Waals surface area contributed by atoms with Crippen molar-refractivity contribution in [1.29, 1.82) is 0 Å². The van der Waals surface area contributed by atoms with Gasteiger partial charge in [0.25, 0.3) is 0 Å². The van der Waals surface area contributed by atoms with Crippen LogP contribution in [0.3, 0.4) is 0 Å². The summed E-state index contributed by atoms with van der Waals surface area (Å²) in [6.45, 7) is 2.20. The third kappa shape index (κ3) is 4.93. The molecule has 0 heterocycles. The Morgan fingerprint density at radius 3 is 2.47 bits per heavy atom. The molecule has 0 saturated heterocycles. The predicted molar refractivity (Wildman–Crippen MR) is 65.9 cm³/mol. The second-order valence-electron chi connectivity index (χ2n) is 4.24. The first kappa shape index (κ1) is 15.5. The van der Waals surface area contributed by atoms with Gasteiger partial charge in [-0.2, -0.15) is 13.2 Å². The summed E-state index contributed by atoms with van der Waals surface area (Å²) in [7, 11) is 0. The van der Waals surface area contributed by atoms with Gasteiger partial charge >= 0.3 is 12.1 Å². The number of hydrogen-bond donors (Lipinski definition) is 0. The third-order valence-electron chi connectivity index (χ3n) is 2.68. The first-order chi connectivity index (χ1) is 8.96. The number of alkyl halides is 3. The lowest BCUT2D eigenvalue weighted by atomic mass is 10.1. The van der Waals surface area contributed by atoms with Gasteiger partial charge in [0.05, 0.1) is 17.7 Å². The molecule has 0 bridgehead atoms. The maximum Gasteiger partial charge on any atom is 0.417 e. The zero-order chi connectivity index (χ0) is 14.3. The topological polar surface area (TPSA) is 26.3 Å². The molecule has 0 aliphatic rings. The van der Waals surface area contributed by atoms with E-state index in [1.54, 1.807) is 0 Å². The van der Waals surface area contributed by atoms with Crippen molar-refractivity contribution in [2.45, 2.75) is 38.8 Å². The lowest BCUT2D eigenvalue weighted by Crippen LogP contribution is -2.15. The van der Waals surface area contributed by atoms with Gasteiger partial charge < -0.3 is 4.74 Å². The number of ether oxygens (including phenoxy) is 1. The Hall–Kier alpha value is -1.52. The summed E-state index contributed by atoms with van der Waals surface area (Å²) in [5.41, 5.74) is -1.38. The molecule has 0 aromatic heterocycles. The monoisotopic (exact) mass is 274 g/mol. The standard InChI is InChI=1S/C14H17F3O2/c1-2-3-4-7-10-19-13(18)11-8-5-6-9-12(11)14(15,16)17/h5-6,8-9H,2-4,7,10H2,1H3. The Kier molecular flexibility index (Phi) is 5.86. The minimum absolute atomic E-state index is 0.158. The molecule has 1 aromatic rings. The first-order valence-corrected chi connectivity index (χ1v) is 6.30. The highest BCUT2D eigenvalue weighted by molar-refractivity contribution is 5.91. The molecule has 0 radical (unpaired) electrons. The smallest absolute Gasteiger partial charge is 0.417 e. The van der Waals surface area contributed by atoms with Gasteiger partial charge in [-0.25, -0.2) is 4.79 Å². The van der Waals surface area contributed by atoms with Crippen molar-refractivity contribution in [1.82, 2.24) is 0 Å². The maximum atomic E-state index is 12.7. The number of carbonyl (C=O) groups is 1. The van der Waals surface area contributed by atoms with Crippen molar-refractivity contribution in [3.8, 4) is 0 Å². The van der Waals surface area contributed by atoms with Crippen molar-refractivity contribution in [3.05, 3.63) is 35.4 Å². The molecule has 1 rings (SSSR count). The minimum atomic E-state index is -4.54. The van der Waals surface area contributed by atoms with Crippen LogP contribution in [0.1, 0.15) is 48.5 Å². The van der Waals surface area contributed by atoms with Crippen molar-refractivity contribution in [2.75, 3.05) is 6.61 Å². The summed E-state index contributed by atoms with van der Waals surface area (Å²) in [5.74, 6) is -0.913. The molecule has 2 nitrogen and oxygen atoms in total. The van der Waals surface area contributed by atoms with Gasteiger partial charge in [-0.15, -0.1) is 0 Å². The van der Waals surface area contributed by atoms with Crippen LogP contribution in [0, 0.1) is 0 Å². The Morgan fingerprint density at radius 1 is 1.16 bits per heavy atom. The highest BCUT2D eigenvalue weighted by atomic mass is 19.4. The number of esters is 1. The zero-order valence-corrected chi connectivity index (χ0v) is 10.8. The maximum absolute atomic E-state index is 12.7. The number of halogens is 3. The third-order valence-corrected chi connectivity index (χ3v) is 2.68. The molecule has 0 aliphatic carbocycles. The summed E-state index contributed by atoms with van der Waals surface area (Å²) >= 11 is 0. The van der Waals surface area contributed by atoms with Crippen LogP contribution < -0.4 is 0 Å². The van der Waals surface area contributed by atoms with E-state index in [-0.39, 0.29) is 6.61 Å². The van der Waals surface area contributed by atoms with E-state index in [9.17, 15) is 18.0 Å². The van der Waals surface area contributed by atoms with Gasteiger partial charge in [0.1, 0.15) is 0 Å². The number of rotatable bonds is 6. The largest absolute Gasteiger partial charge is 0.462 e. The van der Waals surface area contributed by atoms with Crippen LogP contribution in [-0.2, 0) is 10.9 Å². The number of hydrogen-bond acceptors (Lipinski definition) is 2. The zero-order valence-electron chi connectivity index (χ0n) is 10.8. The summed E-state index contributed by atoms with van der Waals surface area (Å²) in [4.78, 5) is 11.6. The molecule has 0 amide bonds. The van der Waals surface area contributed by atoms with Gasteiger partial charge in [-0.05, 0) is 18.6 Å². The molecule has 1 aromatic carbocycles. The van der Waals surface area contributed by atoms with Crippen LogP contribution >= 0.6 is 0 Å². The average molecular weight is 274 g/mol. The van der Waals surface area contributed by atoms with E-state index in [1.165, 1.54) is 12.1 Å². The molecular formula is C14H17F3O2. The SMILES string of the molecule is CCCCCCOC(=O)c1ccccc1C(F)(F)F. The second-order valence-corrected chi connectivity index (χ2v) is 4.24. The van der Waals surface area contributed by atoms with Crippen LogP contribution in [-0.4, -0.2) is 12.6 Å². The van der Waals surface area contributed by atoms with Crippen LogP contribution in [0.25, 0.3) is 0 Å². The Bertz CT molecular complexity index is 413. The first-order valence-electron chi connectivity index (χ1n) is 6.30. The lowest BCUT2D eigenvalue weighted by Gasteiger charge is -2.12. The highest BCUT2D eigenvalue weighted by Gasteiger charge is 2.35. The van der Waals surface area contributed by atoms with Crippen LogP contribution in [0.4, 0.5) is 13.2 Å². The molecular weight excluding hydrogens is 257 g/mol. The molecule has 0 fully saturated rings. The summed E-state index contributed by atoms with van der Waals surface area (Å²) < 4.78 is 42.9. The van der Waals surface area contributed by atoms with Crippen LogP contribution in [0.15, 0.2) is 24.3 Å².